The molecule has 0 radical (unpaired) electrons. The third-order valence-electron chi connectivity index (χ3n) is 5.59. The van der Waals surface area contributed by atoms with Crippen LogP contribution < -0.4 is 9.64 Å². The van der Waals surface area contributed by atoms with Crippen LogP contribution in [0.15, 0.2) is 65.8 Å². The fraction of sp³-hybridized carbons (Fsp3) is 0.240. The average Bonchev–Trinajstić information content (AvgIpc) is 3.24. The summed E-state index contributed by atoms with van der Waals surface area (Å²) < 4.78 is 31.7. The Labute approximate surface area is 203 Å². The summed E-state index contributed by atoms with van der Waals surface area (Å²) in [5.74, 6) is -0.0439. The topological polar surface area (TPSA) is 89.5 Å². The lowest BCUT2D eigenvalue weighted by Gasteiger charge is -2.20. The summed E-state index contributed by atoms with van der Waals surface area (Å²) in [5, 5.41) is 0.538. The Balaban J connectivity index is 1.60. The number of hydrogen-bond acceptors (Lipinski definition) is 7. The Hall–Kier alpha value is -3.30. The number of amides is 1. The van der Waals surface area contributed by atoms with Crippen LogP contribution in [-0.4, -0.2) is 37.2 Å². The van der Waals surface area contributed by atoms with Crippen molar-refractivity contribution in [1.29, 1.82) is 0 Å². The first-order valence-corrected chi connectivity index (χ1v) is 13.2. The number of sulfone groups is 1. The Kier molecular flexibility index (Phi) is 6.95. The number of nitrogens with zero attached hydrogens (tertiary/aromatic N) is 3. The average molecular weight is 496 g/mol. The third kappa shape index (κ3) is 5.26. The molecule has 2 aromatic carbocycles. The number of fused-ring (bicyclic) bond motifs is 1. The maximum atomic E-state index is 13.3. The molecule has 0 aliphatic rings. The number of hydrogen-bond donors (Lipinski definition) is 0. The van der Waals surface area contributed by atoms with Gasteiger partial charge < -0.3 is 4.74 Å². The van der Waals surface area contributed by atoms with E-state index in [0.717, 1.165) is 26.9 Å². The van der Waals surface area contributed by atoms with Crippen molar-refractivity contribution in [3.63, 3.8) is 0 Å². The Morgan fingerprint density at radius 2 is 1.82 bits per heavy atom. The van der Waals surface area contributed by atoms with Crippen LogP contribution in [0, 0.1) is 13.8 Å². The zero-order chi connectivity index (χ0) is 24.3. The number of thiazole rings is 1. The van der Waals surface area contributed by atoms with Crippen molar-refractivity contribution in [3.8, 4) is 5.75 Å². The van der Waals surface area contributed by atoms with Crippen molar-refractivity contribution < 1.29 is 17.9 Å². The highest BCUT2D eigenvalue weighted by atomic mass is 32.2. The van der Waals surface area contributed by atoms with E-state index in [9.17, 15) is 13.2 Å². The van der Waals surface area contributed by atoms with E-state index in [1.165, 1.54) is 30.6 Å². The van der Waals surface area contributed by atoms with Crippen LogP contribution in [-0.2, 0) is 21.2 Å². The normalized spacial score (nSPS) is 11.5. The number of rotatable bonds is 8. The summed E-state index contributed by atoms with van der Waals surface area (Å²) in [7, 11) is -2.12. The van der Waals surface area contributed by atoms with E-state index < -0.39 is 9.84 Å². The monoisotopic (exact) mass is 495 g/mol. The second-order valence-corrected chi connectivity index (χ2v) is 11.1. The van der Waals surface area contributed by atoms with Gasteiger partial charge in [-0.15, -0.1) is 0 Å². The van der Waals surface area contributed by atoms with Crippen LogP contribution in [0.25, 0.3) is 10.2 Å². The number of anilines is 1. The number of aryl methyl sites for hydroxylation is 2. The van der Waals surface area contributed by atoms with E-state index in [1.54, 1.807) is 35.5 Å². The molecule has 0 aliphatic carbocycles. The van der Waals surface area contributed by atoms with E-state index in [-0.39, 0.29) is 29.5 Å². The standard InChI is InChI=1S/C25H25N3O4S2/c1-17-13-22-23(14-18(17)2)33-25(27-22)28(16-19-5-4-11-26-15-19)24(29)10-12-34(30,31)21-8-6-20(32-3)7-9-21/h4-9,11,13-15H,10,12,16H2,1-3H3. The van der Waals surface area contributed by atoms with E-state index in [0.29, 0.717) is 10.9 Å². The van der Waals surface area contributed by atoms with Crippen LogP contribution in [0.2, 0.25) is 0 Å². The minimum absolute atomic E-state index is 0.158. The summed E-state index contributed by atoms with van der Waals surface area (Å²) in [4.78, 5) is 23.9. The van der Waals surface area contributed by atoms with Crippen LogP contribution in [0.5, 0.6) is 5.75 Å². The molecule has 176 valence electrons. The van der Waals surface area contributed by atoms with Crippen LogP contribution in [0.1, 0.15) is 23.1 Å². The van der Waals surface area contributed by atoms with Gasteiger partial charge in [0, 0.05) is 18.8 Å². The van der Waals surface area contributed by atoms with E-state index in [1.807, 2.05) is 26.0 Å². The van der Waals surface area contributed by atoms with E-state index in [4.69, 9.17) is 9.72 Å². The first kappa shape index (κ1) is 23.8. The summed E-state index contributed by atoms with van der Waals surface area (Å²) in [6, 6.07) is 13.9. The van der Waals surface area contributed by atoms with Gasteiger partial charge in [-0.2, -0.15) is 0 Å². The molecule has 0 spiro atoms. The number of carbonyl (C=O) groups is 1. The Morgan fingerprint density at radius 3 is 2.50 bits per heavy atom. The zero-order valence-electron chi connectivity index (χ0n) is 19.2. The van der Waals surface area contributed by atoms with Crippen LogP contribution >= 0.6 is 11.3 Å². The van der Waals surface area contributed by atoms with Gasteiger partial charge >= 0.3 is 0 Å². The van der Waals surface area contributed by atoms with Crippen molar-refractivity contribution in [1.82, 2.24) is 9.97 Å². The molecule has 2 aromatic heterocycles. The van der Waals surface area contributed by atoms with Gasteiger partial charge in [-0.25, -0.2) is 13.4 Å². The first-order valence-electron chi connectivity index (χ1n) is 10.7. The quantitative estimate of drug-likeness (QED) is 0.352. The molecule has 0 N–H and O–H groups in total. The van der Waals surface area contributed by atoms with E-state index in [2.05, 4.69) is 11.1 Å². The smallest absolute Gasteiger partial charge is 0.230 e. The second kappa shape index (κ2) is 9.90. The highest BCUT2D eigenvalue weighted by Crippen LogP contribution is 2.32. The molecule has 2 heterocycles. The molecule has 0 bridgehead atoms. The number of carbonyl (C=O) groups excluding carboxylic acids is 1. The molecule has 0 saturated carbocycles. The molecule has 0 unspecified atom stereocenters. The van der Waals surface area contributed by atoms with Gasteiger partial charge in [0.15, 0.2) is 15.0 Å². The summed E-state index contributed by atoms with van der Waals surface area (Å²) in [5.41, 5.74) is 3.93. The van der Waals surface area contributed by atoms with Crippen LogP contribution in [0.3, 0.4) is 0 Å². The van der Waals surface area contributed by atoms with Crippen molar-refractivity contribution in [3.05, 3.63) is 77.6 Å². The number of pyridine rings is 1. The number of aromatic nitrogens is 2. The number of benzene rings is 2. The molecular formula is C25H25N3O4S2. The molecule has 0 saturated heterocycles. The van der Waals surface area contributed by atoms with Gasteiger partial charge in [0.2, 0.25) is 5.91 Å². The molecule has 0 atom stereocenters. The van der Waals surface area contributed by atoms with Crippen molar-refractivity contribution >= 4 is 42.4 Å². The van der Waals surface area contributed by atoms with Crippen molar-refractivity contribution in [2.75, 3.05) is 17.8 Å². The highest BCUT2D eigenvalue weighted by Gasteiger charge is 2.24. The SMILES string of the molecule is COc1ccc(S(=O)(=O)CCC(=O)N(Cc2cccnc2)c2nc3cc(C)c(C)cc3s2)cc1. The van der Waals surface area contributed by atoms with Gasteiger partial charge in [0.05, 0.1) is 34.5 Å². The molecule has 0 aliphatic heterocycles. The summed E-state index contributed by atoms with van der Waals surface area (Å²) in [6.07, 6.45) is 3.19. The molecule has 4 rings (SSSR count). The molecule has 1 amide bonds. The first-order chi connectivity index (χ1) is 16.3. The number of ether oxygens (including phenoxy) is 1. The van der Waals surface area contributed by atoms with Gasteiger partial charge in [0.1, 0.15) is 5.75 Å². The van der Waals surface area contributed by atoms with Gasteiger partial charge in [-0.3, -0.25) is 14.7 Å². The molecule has 4 aromatic rings. The largest absolute Gasteiger partial charge is 0.497 e. The Morgan fingerprint density at radius 1 is 1.09 bits per heavy atom. The van der Waals surface area contributed by atoms with Gasteiger partial charge in [-0.05, 0) is 73.0 Å². The fourth-order valence-corrected chi connectivity index (χ4v) is 5.77. The number of methoxy groups -OCH3 is 1. The molecule has 9 heteroatoms. The van der Waals surface area contributed by atoms with Gasteiger partial charge in [0.25, 0.3) is 0 Å². The molecule has 0 fully saturated rings. The Bertz CT molecular complexity index is 1380. The lowest BCUT2D eigenvalue weighted by atomic mass is 10.1. The lowest BCUT2D eigenvalue weighted by molar-refractivity contribution is -0.118. The molecule has 7 nitrogen and oxygen atoms in total. The summed E-state index contributed by atoms with van der Waals surface area (Å²) in [6.45, 7) is 4.32. The van der Waals surface area contributed by atoms with Crippen molar-refractivity contribution in [2.24, 2.45) is 0 Å². The predicted molar refractivity (Wildman–Crippen MR) is 134 cm³/mol. The second-order valence-electron chi connectivity index (χ2n) is 7.99. The minimum Gasteiger partial charge on any atom is -0.497 e. The summed E-state index contributed by atoms with van der Waals surface area (Å²) >= 11 is 1.42. The maximum absolute atomic E-state index is 13.3. The lowest BCUT2D eigenvalue weighted by Crippen LogP contribution is -2.31. The maximum Gasteiger partial charge on any atom is 0.230 e. The van der Waals surface area contributed by atoms with Crippen LogP contribution in [0.4, 0.5) is 5.13 Å². The van der Waals surface area contributed by atoms with Crippen molar-refractivity contribution in [2.45, 2.75) is 31.7 Å². The minimum atomic E-state index is -3.64. The van der Waals surface area contributed by atoms with E-state index >= 15 is 0 Å². The fourth-order valence-electron chi connectivity index (χ4n) is 3.48. The zero-order valence-corrected chi connectivity index (χ0v) is 20.8. The molecular weight excluding hydrogens is 470 g/mol. The third-order valence-corrected chi connectivity index (χ3v) is 8.36. The van der Waals surface area contributed by atoms with Gasteiger partial charge in [-0.1, -0.05) is 17.4 Å². The predicted octanol–water partition coefficient (Wildman–Crippen LogP) is 4.71. The highest BCUT2D eigenvalue weighted by molar-refractivity contribution is 7.91. The molecule has 34 heavy (non-hydrogen) atoms.